The average molecular weight is 389 g/mol. The molecular formula is C23H28N6. The molecule has 1 N–H and O–H groups in total. The molecule has 150 valence electrons. The molecule has 0 atom stereocenters. The van der Waals surface area contributed by atoms with E-state index in [-0.39, 0.29) is 0 Å². The Labute approximate surface area is 172 Å². The summed E-state index contributed by atoms with van der Waals surface area (Å²) in [6.45, 7) is 10.9. The van der Waals surface area contributed by atoms with Crippen LogP contribution in [0, 0.1) is 25.2 Å². The van der Waals surface area contributed by atoms with Crippen LogP contribution in [0.3, 0.4) is 0 Å². The smallest absolute Gasteiger partial charge is 0.135 e. The lowest BCUT2D eigenvalue weighted by Crippen LogP contribution is -2.14. The van der Waals surface area contributed by atoms with Crippen LogP contribution in [-0.2, 0) is 18.4 Å². The Kier molecular flexibility index (Phi) is 5.97. The van der Waals surface area contributed by atoms with E-state index in [1.807, 2.05) is 49.7 Å². The summed E-state index contributed by atoms with van der Waals surface area (Å²) in [4.78, 5) is 9.13. The van der Waals surface area contributed by atoms with Crippen LogP contribution >= 0.6 is 0 Å². The maximum absolute atomic E-state index is 9.40. The molecule has 6 nitrogen and oxygen atoms in total. The molecule has 2 heterocycles. The lowest BCUT2D eigenvalue weighted by Gasteiger charge is -2.16. The lowest BCUT2D eigenvalue weighted by molar-refractivity contribution is 0.605. The maximum Gasteiger partial charge on any atom is 0.135 e. The zero-order valence-corrected chi connectivity index (χ0v) is 17.8. The minimum absolute atomic E-state index is 0.520. The monoisotopic (exact) mass is 388 g/mol. The number of anilines is 2. The van der Waals surface area contributed by atoms with Crippen molar-refractivity contribution >= 4 is 11.6 Å². The summed E-state index contributed by atoms with van der Waals surface area (Å²) in [6, 6.07) is 12.3. The fourth-order valence-corrected chi connectivity index (χ4v) is 3.20. The van der Waals surface area contributed by atoms with Crippen LogP contribution in [0.5, 0.6) is 0 Å². The predicted molar refractivity (Wildman–Crippen MR) is 115 cm³/mol. The number of nitriles is 1. The molecule has 0 aliphatic heterocycles. The Bertz CT molecular complexity index is 1040. The summed E-state index contributed by atoms with van der Waals surface area (Å²) in [5.74, 6) is 2.47. The van der Waals surface area contributed by atoms with E-state index in [0.29, 0.717) is 6.42 Å². The normalized spacial score (nSPS) is 11.3. The molecule has 0 amide bonds. The zero-order chi connectivity index (χ0) is 21.0. The van der Waals surface area contributed by atoms with Crippen molar-refractivity contribution in [3.05, 3.63) is 64.7 Å². The average Bonchev–Trinajstić information content (AvgIpc) is 2.96. The van der Waals surface area contributed by atoms with E-state index in [4.69, 9.17) is 4.98 Å². The number of hydrogen-bond donors (Lipinski definition) is 1. The van der Waals surface area contributed by atoms with Crippen LogP contribution in [-0.4, -0.2) is 19.7 Å². The number of benzene rings is 1. The van der Waals surface area contributed by atoms with Gasteiger partial charge in [0.25, 0.3) is 0 Å². The van der Waals surface area contributed by atoms with Gasteiger partial charge in [0.2, 0.25) is 0 Å². The largest absolute Gasteiger partial charge is 0.325 e. The number of hydrogen-bond acceptors (Lipinski definition) is 5. The first-order valence-electron chi connectivity index (χ1n) is 9.97. The minimum atomic E-state index is -0.520. The third kappa shape index (κ3) is 4.62. The second-order valence-corrected chi connectivity index (χ2v) is 7.88. The lowest BCUT2D eigenvalue weighted by atomic mass is 9.85. The van der Waals surface area contributed by atoms with Crippen molar-refractivity contribution in [3.8, 4) is 6.07 Å². The predicted octanol–water partition coefficient (Wildman–Crippen LogP) is 4.84. The molecule has 0 aliphatic carbocycles. The summed E-state index contributed by atoms with van der Waals surface area (Å²) < 4.78 is 2.00. The fraction of sp³-hybridized carbons (Fsp3) is 0.391. The van der Waals surface area contributed by atoms with Crippen LogP contribution in [0.25, 0.3) is 0 Å². The molecule has 0 fully saturated rings. The molecule has 1 aromatic carbocycles. The van der Waals surface area contributed by atoms with Gasteiger partial charge in [-0.15, -0.1) is 0 Å². The zero-order valence-electron chi connectivity index (χ0n) is 17.8. The van der Waals surface area contributed by atoms with Gasteiger partial charge in [0.15, 0.2) is 0 Å². The second-order valence-electron chi connectivity index (χ2n) is 7.88. The van der Waals surface area contributed by atoms with E-state index < -0.39 is 5.41 Å². The molecule has 0 saturated heterocycles. The van der Waals surface area contributed by atoms with Crippen molar-refractivity contribution in [2.75, 3.05) is 5.32 Å². The first kappa shape index (κ1) is 20.5. The fourth-order valence-electron chi connectivity index (χ4n) is 3.20. The molecular weight excluding hydrogens is 360 g/mol. The van der Waals surface area contributed by atoms with Crippen molar-refractivity contribution in [2.24, 2.45) is 0 Å². The standard InChI is InChI=1S/C23H28N6/c1-6-12-29-22(16(2)17(3)28-29)27-20-10-11-25-21(26-20)14-18-8-7-9-19(13-18)23(4,5)15-24/h7-11,13H,6,12,14H2,1-5H3,(H,25,26,27). The van der Waals surface area contributed by atoms with Crippen molar-refractivity contribution in [3.63, 3.8) is 0 Å². The highest BCUT2D eigenvalue weighted by Gasteiger charge is 2.20. The van der Waals surface area contributed by atoms with E-state index in [0.717, 1.165) is 52.8 Å². The minimum Gasteiger partial charge on any atom is -0.325 e. The van der Waals surface area contributed by atoms with Gasteiger partial charge in [-0.05, 0) is 51.3 Å². The molecule has 3 aromatic rings. The van der Waals surface area contributed by atoms with Gasteiger partial charge in [-0.3, -0.25) is 0 Å². The van der Waals surface area contributed by atoms with Crippen LogP contribution in [0.4, 0.5) is 11.6 Å². The summed E-state index contributed by atoms with van der Waals surface area (Å²) >= 11 is 0. The molecule has 0 unspecified atom stereocenters. The van der Waals surface area contributed by atoms with Crippen molar-refractivity contribution in [1.29, 1.82) is 5.26 Å². The van der Waals surface area contributed by atoms with E-state index in [1.165, 1.54) is 0 Å². The highest BCUT2D eigenvalue weighted by Crippen LogP contribution is 2.25. The quantitative estimate of drug-likeness (QED) is 0.627. The Hall–Kier alpha value is -3.20. The van der Waals surface area contributed by atoms with Gasteiger partial charge in [0.05, 0.1) is 17.2 Å². The number of aromatic nitrogens is 4. The van der Waals surface area contributed by atoms with Crippen molar-refractivity contribution in [1.82, 2.24) is 19.7 Å². The summed E-state index contributed by atoms with van der Waals surface area (Å²) in [7, 11) is 0. The first-order chi connectivity index (χ1) is 13.8. The molecule has 0 aliphatic rings. The van der Waals surface area contributed by atoms with Gasteiger partial charge in [-0.1, -0.05) is 31.2 Å². The topological polar surface area (TPSA) is 79.4 Å². The Morgan fingerprint density at radius 1 is 1.21 bits per heavy atom. The molecule has 0 radical (unpaired) electrons. The summed E-state index contributed by atoms with van der Waals surface area (Å²) in [5, 5.41) is 17.4. The molecule has 2 aromatic heterocycles. The molecule has 0 bridgehead atoms. The van der Waals surface area contributed by atoms with E-state index in [9.17, 15) is 5.26 Å². The maximum atomic E-state index is 9.40. The third-order valence-corrected chi connectivity index (χ3v) is 5.10. The Balaban J connectivity index is 1.83. The second kappa shape index (κ2) is 8.44. The first-order valence-corrected chi connectivity index (χ1v) is 9.97. The third-order valence-electron chi connectivity index (χ3n) is 5.10. The molecule has 3 rings (SSSR count). The Morgan fingerprint density at radius 3 is 2.72 bits per heavy atom. The van der Waals surface area contributed by atoms with E-state index >= 15 is 0 Å². The molecule has 29 heavy (non-hydrogen) atoms. The molecule has 0 spiro atoms. The molecule has 6 heteroatoms. The van der Waals surface area contributed by atoms with Gasteiger partial charge < -0.3 is 5.32 Å². The van der Waals surface area contributed by atoms with Crippen LogP contribution in [0.2, 0.25) is 0 Å². The van der Waals surface area contributed by atoms with Crippen molar-refractivity contribution < 1.29 is 0 Å². The van der Waals surface area contributed by atoms with E-state index in [2.05, 4.69) is 41.4 Å². The summed E-state index contributed by atoms with van der Waals surface area (Å²) in [6.07, 6.45) is 3.40. The van der Waals surface area contributed by atoms with Crippen LogP contribution in [0.1, 0.15) is 55.4 Å². The summed E-state index contributed by atoms with van der Waals surface area (Å²) in [5.41, 5.74) is 3.72. The highest BCUT2D eigenvalue weighted by atomic mass is 15.3. The van der Waals surface area contributed by atoms with E-state index in [1.54, 1.807) is 6.20 Å². The van der Waals surface area contributed by atoms with Gasteiger partial charge in [0, 0.05) is 24.7 Å². The van der Waals surface area contributed by atoms with Crippen LogP contribution in [0.15, 0.2) is 36.5 Å². The SMILES string of the molecule is CCCn1nc(C)c(C)c1Nc1ccnc(Cc2cccc(C(C)(C)C#N)c2)n1. The number of nitrogens with one attached hydrogen (secondary N) is 1. The number of aryl methyl sites for hydroxylation is 2. The number of rotatable bonds is 7. The van der Waals surface area contributed by atoms with Crippen LogP contribution < -0.4 is 5.32 Å². The van der Waals surface area contributed by atoms with Gasteiger partial charge >= 0.3 is 0 Å². The van der Waals surface area contributed by atoms with Gasteiger partial charge in [0.1, 0.15) is 17.5 Å². The molecule has 0 saturated carbocycles. The van der Waals surface area contributed by atoms with Gasteiger partial charge in [-0.2, -0.15) is 10.4 Å². The Morgan fingerprint density at radius 2 is 2.00 bits per heavy atom. The van der Waals surface area contributed by atoms with Gasteiger partial charge in [-0.25, -0.2) is 14.6 Å². The highest BCUT2D eigenvalue weighted by molar-refractivity contribution is 5.57. The van der Waals surface area contributed by atoms with Crippen molar-refractivity contribution in [2.45, 2.75) is 59.4 Å². The number of nitrogens with zero attached hydrogens (tertiary/aromatic N) is 5.